The first-order valence-electron chi connectivity index (χ1n) is 8.46. The summed E-state index contributed by atoms with van der Waals surface area (Å²) in [6, 6.07) is 6.49. The van der Waals surface area contributed by atoms with E-state index < -0.39 is 34.6 Å². The van der Waals surface area contributed by atoms with E-state index in [1.165, 1.54) is 0 Å². The molecule has 1 amide bonds. The molecule has 3 unspecified atom stereocenters. The first kappa shape index (κ1) is 20.1. The fraction of sp³-hybridized carbons (Fsp3) is 0.611. The largest absolute Gasteiger partial charge is 0.611 e. The van der Waals surface area contributed by atoms with Crippen molar-refractivity contribution in [3.05, 3.63) is 24.3 Å². The average Bonchev–Trinajstić information content (AvgIpc) is 3.30. The predicted molar refractivity (Wildman–Crippen MR) is 92.7 cm³/mol. The summed E-state index contributed by atoms with van der Waals surface area (Å²) in [4.78, 5) is 13.0. The first-order chi connectivity index (χ1) is 11.6. The quantitative estimate of drug-likeness (QED) is 0.699. The van der Waals surface area contributed by atoms with E-state index in [1.807, 2.05) is 0 Å². The third-order valence-corrected chi connectivity index (χ3v) is 6.21. The number of alkyl halides is 3. The maximum Gasteiger partial charge on any atom is 0.392 e. The normalized spacial score (nSPS) is 24.2. The molecule has 1 aliphatic carbocycles. The molecule has 0 spiro atoms. The molecule has 1 N–H and O–H groups in total. The summed E-state index contributed by atoms with van der Waals surface area (Å²) in [7, 11) is 0. The number of hydrogen-bond acceptors (Lipinski definition) is 2. The molecule has 140 valence electrons. The van der Waals surface area contributed by atoms with Crippen molar-refractivity contribution in [3.63, 3.8) is 0 Å². The van der Waals surface area contributed by atoms with Crippen molar-refractivity contribution in [1.82, 2.24) is 0 Å². The first-order valence-corrected chi connectivity index (χ1v) is 9.78. The van der Waals surface area contributed by atoms with Crippen LogP contribution in [0.5, 0.6) is 0 Å². The number of carbonyl (C=O) groups excluding carboxylic acids is 1. The van der Waals surface area contributed by atoms with E-state index in [2.05, 4.69) is 19.2 Å². The number of amides is 1. The van der Waals surface area contributed by atoms with Crippen LogP contribution < -0.4 is 5.32 Å². The third kappa shape index (κ3) is 4.70. The van der Waals surface area contributed by atoms with E-state index in [9.17, 15) is 22.5 Å². The monoisotopic (exact) mass is 375 g/mol. The van der Waals surface area contributed by atoms with Crippen molar-refractivity contribution < 1.29 is 22.5 Å². The fourth-order valence-electron chi connectivity index (χ4n) is 2.94. The van der Waals surface area contributed by atoms with Crippen LogP contribution in [0.15, 0.2) is 29.2 Å². The predicted octanol–water partition coefficient (Wildman–Crippen LogP) is 4.76. The van der Waals surface area contributed by atoms with Crippen molar-refractivity contribution in [3.8, 4) is 0 Å². The van der Waals surface area contributed by atoms with Gasteiger partial charge in [0.2, 0.25) is 5.91 Å². The van der Waals surface area contributed by atoms with E-state index in [-0.39, 0.29) is 12.8 Å². The summed E-state index contributed by atoms with van der Waals surface area (Å²) >= 11 is -1.11. The number of rotatable bonds is 7. The summed E-state index contributed by atoms with van der Waals surface area (Å²) in [5.74, 6) is -1.12. The summed E-state index contributed by atoms with van der Waals surface area (Å²) in [5.41, 5.74) is -0.924. The molecular weight excluding hydrogens is 351 g/mol. The SMILES string of the molecule is CCC1(C(=O)Nc2ccc([S+]([O-])CCC(C)C)cc2)CC1C(F)(F)F. The highest BCUT2D eigenvalue weighted by Gasteiger charge is 2.69. The second kappa shape index (κ2) is 7.58. The second-order valence-corrected chi connectivity index (χ2v) is 8.59. The lowest BCUT2D eigenvalue weighted by molar-refractivity contribution is -0.160. The summed E-state index contributed by atoms with van der Waals surface area (Å²) < 4.78 is 50.8. The molecule has 1 saturated carbocycles. The van der Waals surface area contributed by atoms with E-state index >= 15 is 0 Å². The molecule has 1 aliphatic rings. The zero-order chi connectivity index (χ0) is 18.8. The highest BCUT2D eigenvalue weighted by atomic mass is 32.2. The Bertz CT molecular complexity index is 603. The zero-order valence-corrected chi connectivity index (χ0v) is 15.5. The molecule has 3 nitrogen and oxygen atoms in total. The summed E-state index contributed by atoms with van der Waals surface area (Å²) in [6.45, 7) is 5.73. The minimum atomic E-state index is -4.34. The molecular formula is C18H24F3NO2S. The number of carbonyl (C=O) groups is 1. The Labute approximate surface area is 149 Å². The third-order valence-electron chi connectivity index (χ3n) is 4.81. The van der Waals surface area contributed by atoms with Gasteiger partial charge in [-0.05, 0) is 60.6 Å². The Morgan fingerprint density at radius 3 is 2.40 bits per heavy atom. The molecule has 0 aromatic heterocycles. The fourth-order valence-corrected chi connectivity index (χ4v) is 4.30. The van der Waals surface area contributed by atoms with Crippen molar-refractivity contribution in [2.45, 2.75) is 51.1 Å². The van der Waals surface area contributed by atoms with E-state index in [0.717, 1.165) is 6.42 Å². The molecule has 0 saturated heterocycles. The van der Waals surface area contributed by atoms with Crippen LogP contribution in [0.3, 0.4) is 0 Å². The molecule has 25 heavy (non-hydrogen) atoms. The molecule has 0 radical (unpaired) electrons. The molecule has 1 aromatic rings. The maximum atomic E-state index is 12.9. The van der Waals surface area contributed by atoms with Crippen molar-refractivity contribution in [2.75, 3.05) is 11.1 Å². The van der Waals surface area contributed by atoms with Gasteiger partial charge in [0.05, 0.1) is 11.3 Å². The molecule has 3 atom stereocenters. The number of benzene rings is 1. The lowest BCUT2D eigenvalue weighted by Crippen LogP contribution is -2.29. The van der Waals surface area contributed by atoms with Crippen LogP contribution in [0.4, 0.5) is 18.9 Å². The molecule has 1 aromatic carbocycles. The van der Waals surface area contributed by atoms with Crippen molar-refractivity contribution >= 4 is 22.8 Å². The van der Waals surface area contributed by atoms with Gasteiger partial charge in [0.1, 0.15) is 5.75 Å². The van der Waals surface area contributed by atoms with Crippen LogP contribution in [0.25, 0.3) is 0 Å². The summed E-state index contributed by atoms with van der Waals surface area (Å²) in [6.07, 6.45) is -3.50. The minimum absolute atomic E-state index is 0.153. The second-order valence-electron chi connectivity index (χ2n) is 7.02. The lowest BCUT2D eigenvalue weighted by Gasteiger charge is -2.17. The smallest absolute Gasteiger partial charge is 0.392 e. The topological polar surface area (TPSA) is 52.2 Å². The van der Waals surface area contributed by atoms with E-state index in [4.69, 9.17) is 0 Å². The van der Waals surface area contributed by atoms with Crippen LogP contribution in [-0.2, 0) is 16.0 Å². The Morgan fingerprint density at radius 1 is 1.36 bits per heavy atom. The minimum Gasteiger partial charge on any atom is -0.611 e. The zero-order valence-electron chi connectivity index (χ0n) is 14.7. The lowest BCUT2D eigenvalue weighted by atomic mass is 9.98. The molecule has 0 bridgehead atoms. The van der Waals surface area contributed by atoms with E-state index in [0.29, 0.717) is 22.3 Å². The Hall–Kier alpha value is -1.21. The number of hydrogen-bond donors (Lipinski definition) is 1. The van der Waals surface area contributed by atoms with Gasteiger partial charge < -0.3 is 9.87 Å². The van der Waals surface area contributed by atoms with Gasteiger partial charge in [0.25, 0.3) is 0 Å². The Morgan fingerprint density at radius 2 is 1.96 bits per heavy atom. The van der Waals surface area contributed by atoms with Gasteiger partial charge in [-0.1, -0.05) is 20.8 Å². The van der Waals surface area contributed by atoms with Crippen molar-refractivity contribution in [1.29, 1.82) is 0 Å². The average molecular weight is 375 g/mol. The highest BCUT2D eigenvalue weighted by molar-refractivity contribution is 7.91. The van der Waals surface area contributed by atoms with Gasteiger partial charge in [-0.15, -0.1) is 0 Å². The van der Waals surface area contributed by atoms with Crippen molar-refractivity contribution in [2.24, 2.45) is 17.3 Å². The summed E-state index contributed by atoms with van der Waals surface area (Å²) in [5, 5.41) is 2.58. The van der Waals surface area contributed by atoms with Crippen LogP contribution >= 0.6 is 0 Å². The van der Waals surface area contributed by atoms with Crippen LogP contribution in [0, 0.1) is 17.3 Å². The molecule has 0 aliphatic heterocycles. The van der Waals surface area contributed by atoms with E-state index in [1.54, 1.807) is 31.2 Å². The van der Waals surface area contributed by atoms with Gasteiger partial charge in [-0.2, -0.15) is 13.2 Å². The molecule has 2 rings (SSSR count). The van der Waals surface area contributed by atoms with Gasteiger partial charge in [0.15, 0.2) is 4.90 Å². The highest BCUT2D eigenvalue weighted by Crippen LogP contribution is 2.62. The standard InChI is InChI=1S/C18H24F3NO2S/c1-4-17(11-15(17)18(19,20)21)16(23)22-13-5-7-14(8-6-13)25(24)10-9-12(2)3/h5-8,12,15H,4,9-11H2,1-3H3,(H,22,23). The van der Waals surface area contributed by atoms with Crippen LogP contribution in [-0.4, -0.2) is 22.4 Å². The Balaban J connectivity index is 1.98. The van der Waals surface area contributed by atoms with Gasteiger partial charge in [-0.25, -0.2) is 0 Å². The number of halogens is 3. The van der Waals surface area contributed by atoms with Gasteiger partial charge in [0, 0.05) is 5.69 Å². The molecule has 1 fully saturated rings. The van der Waals surface area contributed by atoms with Gasteiger partial charge in [-0.3, -0.25) is 4.79 Å². The molecule has 7 heteroatoms. The van der Waals surface area contributed by atoms with Crippen LogP contribution in [0.1, 0.15) is 40.0 Å². The maximum absolute atomic E-state index is 12.9. The Kier molecular flexibility index (Phi) is 6.09. The molecule has 0 heterocycles. The van der Waals surface area contributed by atoms with Gasteiger partial charge >= 0.3 is 6.18 Å². The number of nitrogens with one attached hydrogen (secondary N) is 1. The van der Waals surface area contributed by atoms with Crippen LogP contribution in [0.2, 0.25) is 0 Å². The number of anilines is 1.